The number of hydrogen-bond acceptors (Lipinski definition) is 5. The molecule has 8 heteroatoms. The molecule has 2 aliphatic heterocycles. The van der Waals surface area contributed by atoms with Crippen LogP contribution in [0.5, 0.6) is 0 Å². The fourth-order valence-electron chi connectivity index (χ4n) is 3.76. The molecule has 1 amide bonds. The van der Waals surface area contributed by atoms with Crippen molar-refractivity contribution in [2.45, 2.75) is 12.5 Å². The Hall–Kier alpha value is -2.19. The van der Waals surface area contributed by atoms with Gasteiger partial charge in [-0.05, 0) is 18.6 Å². The van der Waals surface area contributed by atoms with Crippen LogP contribution in [-0.2, 0) is 9.84 Å². The highest BCUT2D eigenvalue weighted by molar-refractivity contribution is 7.91. The van der Waals surface area contributed by atoms with Crippen LogP contribution in [0.25, 0.3) is 5.69 Å². The van der Waals surface area contributed by atoms with Crippen molar-refractivity contribution in [1.82, 2.24) is 19.4 Å². The summed E-state index contributed by atoms with van der Waals surface area (Å²) in [5.41, 5.74) is 1.45. The Balaban J connectivity index is 1.43. The first-order valence-corrected chi connectivity index (χ1v) is 10.7. The van der Waals surface area contributed by atoms with Crippen LogP contribution in [0.2, 0.25) is 0 Å². The highest BCUT2D eigenvalue weighted by atomic mass is 32.2. The van der Waals surface area contributed by atoms with Crippen LogP contribution in [0, 0.1) is 0 Å². The average Bonchev–Trinajstić information content (AvgIpc) is 3.28. The van der Waals surface area contributed by atoms with Gasteiger partial charge in [-0.25, -0.2) is 13.4 Å². The van der Waals surface area contributed by atoms with Gasteiger partial charge < -0.3 is 4.90 Å². The molecule has 2 fully saturated rings. The standard InChI is InChI=1S/C18H22N4O3S/c23-18(17-12-19-14-22(17)15-4-2-1-3-5-15)21-9-7-20(8-10-21)16-6-11-26(24,25)13-16/h1-5,12,14,16H,6-11,13H2/t16-/m0/s1. The summed E-state index contributed by atoms with van der Waals surface area (Å²) in [7, 11) is -2.88. The van der Waals surface area contributed by atoms with Crippen LogP contribution in [0.4, 0.5) is 0 Å². The molecule has 2 aromatic rings. The van der Waals surface area contributed by atoms with E-state index in [4.69, 9.17) is 0 Å². The molecule has 1 aromatic heterocycles. The lowest BCUT2D eigenvalue weighted by atomic mass is 10.2. The molecule has 0 N–H and O–H groups in total. The number of sulfone groups is 1. The molecule has 0 bridgehead atoms. The van der Waals surface area contributed by atoms with Crippen LogP contribution in [-0.4, -0.2) is 77.4 Å². The number of carbonyl (C=O) groups excluding carboxylic acids is 1. The Morgan fingerprint density at radius 1 is 1.08 bits per heavy atom. The first kappa shape index (κ1) is 17.2. The number of para-hydroxylation sites is 1. The van der Waals surface area contributed by atoms with Gasteiger partial charge in [-0.15, -0.1) is 0 Å². The van der Waals surface area contributed by atoms with E-state index in [9.17, 15) is 13.2 Å². The average molecular weight is 374 g/mol. The summed E-state index contributed by atoms with van der Waals surface area (Å²) in [6.07, 6.45) is 3.96. The van der Waals surface area contributed by atoms with Gasteiger partial charge in [-0.2, -0.15) is 0 Å². The molecule has 0 aliphatic carbocycles. The maximum atomic E-state index is 12.9. The molecule has 4 rings (SSSR count). The summed E-state index contributed by atoms with van der Waals surface area (Å²) in [6.45, 7) is 2.64. The number of piperazine rings is 1. The number of carbonyl (C=O) groups is 1. The van der Waals surface area contributed by atoms with Crippen molar-refractivity contribution in [2.24, 2.45) is 0 Å². The summed E-state index contributed by atoms with van der Waals surface area (Å²) >= 11 is 0. The smallest absolute Gasteiger partial charge is 0.272 e. The number of amides is 1. The number of aromatic nitrogens is 2. The van der Waals surface area contributed by atoms with Crippen molar-refractivity contribution < 1.29 is 13.2 Å². The molecule has 138 valence electrons. The second-order valence-electron chi connectivity index (χ2n) is 6.87. The normalized spacial score (nSPS) is 23.2. The number of nitrogens with zero attached hydrogens (tertiary/aromatic N) is 4. The third kappa shape index (κ3) is 3.39. The molecule has 2 saturated heterocycles. The first-order valence-electron chi connectivity index (χ1n) is 8.85. The van der Waals surface area contributed by atoms with Crippen LogP contribution in [0.3, 0.4) is 0 Å². The monoisotopic (exact) mass is 374 g/mol. The van der Waals surface area contributed by atoms with E-state index in [0.717, 1.165) is 5.69 Å². The Kier molecular flexibility index (Phi) is 4.54. The third-order valence-electron chi connectivity index (χ3n) is 5.22. The maximum absolute atomic E-state index is 12.9. The molecule has 0 saturated carbocycles. The number of rotatable bonds is 3. The largest absolute Gasteiger partial charge is 0.335 e. The Bertz CT molecular complexity index is 886. The van der Waals surface area contributed by atoms with E-state index in [0.29, 0.717) is 38.3 Å². The van der Waals surface area contributed by atoms with E-state index < -0.39 is 9.84 Å². The van der Waals surface area contributed by atoms with E-state index in [-0.39, 0.29) is 23.5 Å². The summed E-state index contributed by atoms with van der Waals surface area (Å²) < 4.78 is 25.2. The summed E-state index contributed by atoms with van der Waals surface area (Å²) in [5.74, 6) is 0.500. The van der Waals surface area contributed by atoms with E-state index >= 15 is 0 Å². The molecule has 0 spiro atoms. The lowest BCUT2D eigenvalue weighted by molar-refractivity contribution is 0.0580. The number of hydrogen-bond donors (Lipinski definition) is 0. The summed E-state index contributed by atoms with van der Waals surface area (Å²) in [5, 5.41) is 0. The second kappa shape index (κ2) is 6.85. The molecule has 7 nitrogen and oxygen atoms in total. The van der Waals surface area contributed by atoms with Gasteiger partial charge in [0.25, 0.3) is 5.91 Å². The lowest BCUT2D eigenvalue weighted by Crippen LogP contribution is -2.52. The molecule has 2 aliphatic rings. The molecule has 1 atom stereocenters. The minimum absolute atomic E-state index is 0.0370. The minimum Gasteiger partial charge on any atom is -0.335 e. The predicted octanol–water partition coefficient (Wildman–Crippen LogP) is 0.817. The minimum atomic E-state index is -2.88. The number of imidazole rings is 1. The molecule has 0 unspecified atom stereocenters. The van der Waals surface area contributed by atoms with Crippen molar-refractivity contribution in [1.29, 1.82) is 0 Å². The van der Waals surface area contributed by atoms with Gasteiger partial charge in [0, 0.05) is 37.9 Å². The van der Waals surface area contributed by atoms with Crippen molar-refractivity contribution >= 4 is 15.7 Å². The van der Waals surface area contributed by atoms with Crippen molar-refractivity contribution in [3.8, 4) is 5.69 Å². The highest BCUT2D eigenvalue weighted by Crippen LogP contribution is 2.20. The van der Waals surface area contributed by atoms with Crippen molar-refractivity contribution in [3.63, 3.8) is 0 Å². The van der Waals surface area contributed by atoms with E-state index in [1.165, 1.54) is 0 Å². The highest BCUT2D eigenvalue weighted by Gasteiger charge is 2.34. The van der Waals surface area contributed by atoms with Gasteiger partial charge in [0.1, 0.15) is 5.69 Å². The Morgan fingerprint density at radius 3 is 2.46 bits per heavy atom. The molecular formula is C18H22N4O3S. The Labute approximate surface area is 153 Å². The van der Waals surface area contributed by atoms with Gasteiger partial charge in [-0.1, -0.05) is 18.2 Å². The topological polar surface area (TPSA) is 75.5 Å². The van der Waals surface area contributed by atoms with Gasteiger partial charge >= 0.3 is 0 Å². The van der Waals surface area contributed by atoms with Crippen LogP contribution in [0.15, 0.2) is 42.9 Å². The third-order valence-corrected chi connectivity index (χ3v) is 6.97. The predicted molar refractivity (Wildman–Crippen MR) is 98.1 cm³/mol. The fourth-order valence-corrected chi connectivity index (χ4v) is 5.52. The molecule has 3 heterocycles. The quantitative estimate of drug-likeness (QED) is 0.795. The number of benzene rings is 1. The zero-order valence-electron chi connectivity index (χ0n) is 14.5. The van der Waals surface area contributed by atoms with Gasteiger partial charge in [-0.3, -0.25) is 14.3 Å². The molecule has 26 heavy (non-hydrogen) atoms. The van der Waals surface area contributed by atoms with Crippen LogP contribution < -0.4 is 0 Å². The van der Waals surface area contributed by atoms with E-state index in [1.54, 1.807) is 17.1 Å². The fraction of sp³-hybridized carbons (Fsp3) is 0.444. The van der Waals surface area contributed by atoms with E-state index in [2.05, 4.69) is 9.88 Å². The molecule has 1 aromatic carbocycles. The zero-order chi connectivity index (χ0) is 18.1. The van der Waals surface area contributed by atoms with Crippen LogP contribution in [0.1, 0.15) is 16.9 Å². The van der Waals surface area contributed by atoms with Crippen molar-refractivity contribution in [3.05, 3.63) is 48.5 Å². The van der Waals surface area contributed by atoms with Gasteiger partial charge in [0.15, 0.2) is 9.84 Å². The van der Waals surface area contributed by atoms with Gasteiger partial charge in [0.05, 0.1) is 24.0 Å². The molecular weight excluding hydrogens is 352 g/mol. The van der Waals surface area contributed by atoms with Gasteiger partial charge in [0.2, 0.25) is 0 Å². The first-order chi connectivity index (χ1) is 12.5. The van der Waals surface area contributed by atoms with Crippen molar-refractivity contribution in [2.75, 3.05) is 37.7 Å². The lowest BCUT2D eigenvalue weighted by Gasteiger charge is -2.37. The SMILES string of the molecule is O=C(c1cncn1-c1ccccc1)N1CCN([C@H]2CCS(=O)(=O)C2)CC1. The van der Waals surface area contributed by atoms with Crippen LogP contribution >= 0.6 is 0 Å². The summed E-state index contributed by atoms with van der Waals surface area (Å²) in [6, 6.07) is 9.78. The van der Waals surface area contributed by atoms with E-state index in [1.807, 2.05) is 35.2 Å². The second-order valence-corrected chi connectivity index (χ2v) is 9.10. The Morgan fingerprint density at radius 2 is 1.81 bits per heavy atom. The summed E-state index contributed by atoms with van der Waals surface area (Å²) in [4.78, 5) is 21.1. The maximum Gasteiger partial charge on any atom is 0.272 e. The zero-order valence-corrected chi connectivity index (χ0v) is 15.3. The molecule has 0 radical (unpaired) electrons.